The van der Waals surface area contributed by atoms with Crippen molar-refractivity contribution < 1.29 is 5.21 Å². The molecule has 104 valence electrons. The monoisotopic (exact) mass is 271 g/mol. The van der Waals surface area contributed by atoms with E-state index in [1.165, 1.54) is 0 Å². The van der Waals surface area contributed by atoms with Gasteiger partial charge in [-0.2, -0.15) is 0 Å². The molecule has 0 aliphatic carbocycles. The normalized spacial score (nSPS) is 11.4. The van der Waals surface area contributed by atoms with Gasteiger partial charge in [0.2, 0.25) is 0 Å². The molecule has 0 fully saturated rings. The summed E-state index contributed by atoms with van der Waals surface area (Å²) in [6.45, 7) is 2.66. The first kappa shape index (κ1) is 13.8. The number of nitrogens with zero attached hydrogens (tertiary/aromatic N) is 4. The predicted octanol–water partition coefficient (Wildman–Crippen LogP) is 1.52. The molecule has 6 nitrogen and oxygen atoms in total. The summed E-state index contributed by atoms with van der Waals surface area (Å²) in [7, 11) is 1.96. The number of hydrogen-bond acceptors (Lipinski definition) is 5. The van der Waals surface area contributed by atoms with Gasteiger partial charge in [0.05, 0.1) is 24.1 Å². The van der Waals surface area contributed by atoms with Crippen molar-refractivity contribution in [1.82, 2.24) is 9.97 Å². The summed E-state index contributed by atoms with van der Waals surface area (Å²) in [5.74, 6) is -0.000413. The van der Waals surface area contributed by atoms with Crippen molar-refractivity contribution in [1.29, 1.82) is 0 Å². The van der Waals surface area contributed by atoms with E-state index in [-0.39, 0.29) is 5.84 Å². The Balaban J connectivity index is 2.11. The highest BCUT2D eigenvalue weighted by atomic mass is 16.4. The molecule has 0 saturated heterocycles. The van der Waals surface area contributed by atoms with Crippen LogP contribution < -0.4 is 10.6 Å². The molecule has 2 heterocycles. The van der Waals surface area contributed by atoms with E-state index in [1.807, 2.05) is 43.1 Å². The van der Waals surface area contributed by atoms with Crippen LogP contribution in [-0.4, -0.2) is 28.1 Å². The maximum Gasteiger partial charge on any atom is 0.188 e. The fourth-order valence-corrected chi connectivity index (χ4v) is 1.84. The first-order valence-electron chi connectivity index (χ1n) is 6.18. The number of amidine groups is 1. The summed E-state index contributed by atoms with van der Waals surface area (Å²) >= 11 is 0. The Morgan fingerprint density at radius 2 is 2.15 bits per heavy atom. The largest absolute Gasteiger partial charge is 0.409 e. The van der Waals surface area contributed by atoms with E-state index >= 15 is 0 Å². The third-order valence-corrected chi connectivity index (χ3v) is 2.90. The number of anilines is 1. The molecule has 0 unspecified atom stereocenters. The molecule has 0 amide bonds. The standard InChI is InChI=1S/C14H17N5O/c1-10-4-3-5-11(17-10)9-19(2)12-6-7-13(16-8-12)14(15)18-20/h3-8,20H,9H2,1-2H3,(H2,15,18). The Kier molecular flexibility index (Phi) is 4.14. The molecule has 0 spiro atoms. The van der Waals surface area contributed by atoms with E-state index < -0.39 is 0 Å². The van der Waals surface area contributed by atoms with Gasteiger partial charge in [0, 0.05) is 12.7 Å². The second-order valence-electron chi connectivity index (χ2n) is 4.51. The summed E-state index contributed by atoms with van der Waals surface area (Å²) in [6.07, 6.45) is 1.68. The van der Waals surface area contributed by atoms with Gasteiger partial charge in [-0.15, -0.1) is 0 Å². The van der Waals surface area contributed by atoms with Crippen molar-refractivity contribution in [3.05, 3.63) is 53.6 Å². The quantitative estimate of drug-likeness (QED) is 0.381. The van der Waals surface area contributed by atoms with Crippen molar-refractivity contribution in [3.8, 4) is 0 Å². The van der Waals surface area contributed by atoms with Gasteiger partial charge in [0.15, 0.2) is 5.84 Å². The van der Waals surface area contributed by atoms with Gasteiger partial charge in [-0.1, -0.05) is 11.2 Å². The fraction of sp³-hybridized carbons (Fsp3) is 0.214. The van der Waals surface area contributed by atoms with E-state index in [0.29, 0.717) is 12.2 Å². The molecule has 0 aromatic carbocycles. The third kappa shape index (κ3) is 3.23. The first-order chi connectivity index (χ1) is 9.60. The summed E-state index contributed by atoms with van der Waals surface area (Å²) in [6, 6.07) is 9.53. The van der Waals surface area contributed by atoms with Crippen LogP contribution >= 0.6 is 0 Å². The lowest BCUT2D eigenvalue weighted by molar-refractivity contribution is 0.318. The number of oxime groups is 1. The average Bonchev–Trinajstić information content (AvgIpc) is 2.46. The Bertz CT molecular complexity index is 609. The first-order valence-corrected chi connectivity index (χ1v) is 6.18. The summed E-state index contributed by atoms with van der Waals surface area (Å²) in [5.41, 5.74) is 8.84. The molecule has 2 aromatic heterocycles. The maximum absolute atomic E-state index is 8.59. The number of rotatable bonds is 4. The molecule has 2 aromatic rings. The minimum atomic E-state index is -0.000413. The van der Waals surface area contributed by atoms with Gasteiger partial charge in [0.1, 0.15) is 5.69 Å². The Labute approximate surface area is 117 Å². The molecule has 0 saturated carbocycles. The molecule has 20 heavy (non-hydrogen) atoms. The van der Waals surface area contributed by atoms with Crippen molar-refractivity contribution >= 4 is 11.5 Å². The molecule has 0 aliphatic heterocycles. The van der Waals surface area contributed by atoms with E-state index in [4.69, 9.17) is 10.9 Å². The summed E-state index contributed by atoms with van der Waals surface area (Å²) < 4.78 is 0. The number of nitrogens with two attached hydrogens (primary N) is 1. The highest BCUT2D eigenvalue weighted by Gasteiger charge is 2.06. The second-order valence-corrected chi connectivity index (χ2v) is 4.51. The zero-order chi connectivity index (χ0) is 14.5. The van der Waals surface area contributed by atoms with Crippen LogP contribution in [0.25, 0.3) is 0 Å². The Morgan fingerprint density at radius 1 is 1.35 bits per heavy atom. The third-order valence-electron chi connectivity index (χ3n) is 2.90. The van der Waals surface area contributed by atoms with Gasteiger partial charge in [-0.25, -0.2) is 0 Å². The van der Waals surface area contributed by atoms with Crippen LogP contribution in [0, 0.1) is 6.92 Å². The van der Waals surface area contributed by atoms with E-state index in [0.717, 1.165) is 17.1 Å². The lowest BCUT2D eigenvalue weighted by Gasteiger charge is -2.18. The van der Waals surface area contributed by atoms with Crippen LogP contribution in [0.15, 0.2) is 41.7 Å². The van der Waals surface area contributed by atoms with E-state index in [2.05, 4.69) is 15.1 Å². The zero-order valence-corrected chi connectivity index (χ0v) is 11.5. The zero-order valence-electron chi connectivity index (χ0n) is 11.5. The molecule has 3 N–H and O–H groups in total. The van der Waals surface area contributed by atoms with Gasteiger partial charge in [-0.3, -0.25) is 9.97 Å². The minimum absolute atomic E-state index is 0.000413. The summed E-state index contributed by atoms with van der Waals surface area (Å²) in [5, 5.41) is 11.5. The van der Waals surface area contributed by atoms with Gasteiger partial charge in [-0.05, 0) is 31.2 Å². The number of hydrogen-bond donors (Lipinski definition) is 2. The van der Waals surface area contributed by atoms with Crippen LogP contribution in [-0.2, 0) is 6.54 Å². The fourth-order valence-electron chi connectivity index (χ4n) is 1.84. The predicted molar refractivity (Wildman–Crippen MR) is 77.8 cm³/mol. The minimum Gasteiger partial charge on any atom is -0.409 e. The van der Waals surface area contributed by atoms with Crippen LogP contribution in [0.4, 0.5) is 5.69 Å². The van der Waals surface area contributed by atoms with Crippen molar-refractivity contribution in [2.75, 3.05) is 11.9 Å². The molecule has 0 atom stereocenters. The lowest BCUT2D eigenvalue weighted by Crippen LogP contribution is -2.19. The van der Waals surface area contributed by atoms with E-state index in [9.17, 15) is 0 Å². The van der Waals surface area contributed by atoms with Gasteiger partial charge in [0.25, 0.3) is 0 Å². The van der Waals surface area contributed by atoms with Crippen molar-refractivity contribution in [3.63, 3.8) is 0 Å². The number of aryl methyl sites for hydroxylation is 1. The highest BCUT2D eigenvalue weighted by molar-refractivity contribution is 5.95. The van der Waals surface area contributed by atoms with Crippen LogP contribution in [0.2, 0.25) is 0 Å². The molecule has 6 heteroatoms. The Morgan fingerprint density at radius 3 is 2.75 bits per heavy atom. The highest BCUT2D eigenvalue weighted by Crippen LogP contribution is 2.14. The number of aromatic nitrogens is 2. The van der Waals surface area contributed by atoms with Crippen molar-refractivity contribution in [2.45, 2.75) is 13.5 Å². The SMILES string of the molecule is Cc1cccc(CN(C)c2ccc(/C(N)=N/O)nc2)n1. The number of pyridine rings is 2. The molecular formula is C14H17N5O. The molecule has 0 bridgehead atoms. The topological polar surface area (TPSA) is 87.6 Å². The van der Waals surface area contributed by atoms with Gasteiger partial charge < -0.3 is 15.8 Å². The van der Waals surface area contributed by atoms with Crippen molar-refractivity contribution in [2.24, 2.45) is 10.9 Å². The average molecular weight is 271 g/mol. The molecule has 2 rings (SSSR count). The Hall–Kier alpha value is -2.63. The van der Waals surface area contributed by atoms with Crippen LogP contribution in [0.1, 0.15) is 17.1 Å². The smallest absolute Gasteiger partial charge is 0.188 e. The molecule has 0 radical (unpaired) electrons. The molecule has 0 aliphatic rings. The second kappa shape index (κ2) is 6.01. The summed E-state index contributed by atoms with van der Waals surface area (Å²) in [4.78, 5) is 10.6. The maximum atomic E-state index is 8.59. The van der Waals surface area contributed by atoms with Gasteiger partial charge >= 0.3 is 0 Å². The van der Waals surface area contributed by atoms with E-state index in [1.54, 1.807) is 12.3 Å². The van der Waals surface area contributed by atoms with Crippen LogP contribution in [0.3, 0.4) is 0 Å². The molecular weight excluding hydrogens is 254 g/mol. The van der Waals surface area contributed by atoms with Crippen LogP contribution in [0.5, 0.6) is 0 Å². The lowest BCUT2D eigenvalue weighted by atomic mass is 10.2.